The number of carboxylic acids is 1. The Morgan fingerprint density at radius 2 is 1.95 bits per heavy atom. The van der Waals surface area contributed by atoms with E-state index in [0.717, 1.165) is 0 Å². The topological polar surface area (TPSA) is 110 Å². The van der Waals surface area contributed by atoms with Gasteiger partial charge in [-0.25, -0.2) is 8.42 Å². The minimum atomic E-state index is -3.45. The fourth-order valence-corrected chi connectivity index (χ4v) is 2.98. The Morgan fingerprint density at radius 1 is 1.37 bits per heavy atom. The molecule has 1 amide bonds. The van der Waals surface area contributed by atoms with Crippen molar-refractivity contribution in [3.05, 3.63) is 0 Å². The fourth-order valence-electron chi connectivity index (χ4n) is 1.74. The van der Waals surface area contributed by atoms with Crippen molar-refractivity contribution in [3.63, 3.8) is 0 Å². The SMILES string of the molecule is CCCS(=O)(=O)CC(=O)NC(C)(COC)CC(=O)O. The maximum Gasteiger partial charge on any atom is 0.305 e. The average molecular weight is 295 g/mol. The smallest absolute Gasteiger partial charge is 0.305 e. The molecule has 0 radical (unpaired) electrons. The summed E-state index contributed by atoms with van der Waals surface area (Å²) < 4.78 is 27.9. The summed E-state index contributed by atoms with van der Waals surface area (Å²) in [6.45, 7) is 3.18. The summed E-state index contributed by atoms with van der Waals surface area (Å²) in [7, 11) is -2.07. The third-order valence-corrected chi connectivity index (χ3v) is 4.04. The van der Waals surface area contributed by atoms with Gasteiger partial charge in [0.05, 0.1) is 24.3 Å². The number of hydrogen-bond acceptors (Lipinski definition) is 5. The molecule has 0 heterocycles. The number of carbonyl (C=O) groups is 2. The Morgan fingerprint density at radius 3 is 2.37 bits per heavy atom. The Kier molecular flexibility index (Phi) is 6.99. The number of rotatable bonds is 9. The van der Waals surface area contributed by atoms with Crippen LogP contribution >= 0.6 is 0 Å². The van der Waals surface area contributed by atoms with Crippen LogP contribution in [0.3, 0.4) is 0 Å². The van der Waals surface area contributed by atoms with Crippen molar-refractivity contribution < 1.29 is 27.9 Å². The summed E-state index contributed by atoms with van der Waals surface area (Å²) in [5.41, 5.74) is -1.13. The first-order valence-corrected chi connectivity index (χ1v) is 7.68. The van der Waals surface area contributed by atoms with Crippen LogP contribution in [0.25, 0.3) is 0 Å². The van der Waals surface area contributed by atoms with Crippen LogP contribution in [-0.4, -0.2) is 56.2 Å². The van der Waals surface area contributed by atoms with Crippen LogP contribution in [0.5, 0.6) is 0 Å². The molecule has 0 spiro atoms. The van der Waals surface area contributed by atoms with Crippen molar-refractivity contribution in [1.29, 1.82) is 0 Å². The van der Waals surface area contributed by atoms with E-state index < -0.39 is 33.0 Å². The van der Waals surface area contributed by atoms with Gasteiger partial charge in [0.1, 0.15) is 5.75 Å². The lowest BCUT2D eigenvalue weighted by atomic mass is 9.99. The van der Waals surface area contributed by atoms with Crippen molar-refractivity contribution in [1.82, 2.24) is 5.32 Å². The number of methoxy groups -OCH3 is 1. The quantitative estimate of drug-likeness (QED) is 0.610. The first-order valence-electron chi connectivity index (χ1n) is 5.86. The lowest BCUT2D eigenvalue weighted by Crippen LogP contribution is -2.52. The van der Waals surface area contributed by atoms with Crippen LogP contribution in [0.2, 0.25) is 0 Å². The van der Waals surface area contributed by atoms with Crippen LogP contribution in [0.4, 0.5) is 0 Å². The number of aliphatic carboxylic acids is 1. The van der Waals surface area contributed by atoms with Crippen molar-refractivity contribution >= 4 is 21.7 Å². The first-order chi connectivity index (χ1) is 8.64. The normalized spacial score (nSPS) is 14.7. The van der Waals surface area contributed by atoms with Crippen LogP contribution in [0.15, 0.2) is 0 Å². The number of nitrogens with one attached hydrogen (secondary N) is 1. The Hall–Kier alpha value is -1.15. The first kappa shape index (κ1) is 17.8. The number of carboxylic acid groups (broad SMARTS) is 1. The minimum Gasteiger partial charge on any atom is -0.481 e. The molecule has 0 aliphatic heterocycles. The molecule has 19 heavy (non-hydrogen) atoms. The van der Waals surface area contributed by atoms with Gasteiger partial charge >= 0.3 is 5.97 Å². The van der Waals surface area contributed by atoms with E-state index >= 15 is 0 Å². The number of amides is 1. The molecule has 1 atom stereocenters. The molecule has 0 aliphatic carbocycles. The molecule has 2 N–H and O–H groups in total. The van der Waals surface area contributed by atoms with Gasteiger partial charge in [-0.05, 0) is 13.3 Å². The molecule has 1 unspecified atom stereocenters. The second-order valence-electron chi connectivity index (χ2n) is 4.70. The predicted octanol–water partition coefficient (Wildman–Crippen LogP) is -0.193. The number of hydrogen-bond donors (Lipinski definition) is 2. The number of carbonyl (C=O) groups excluding carboxylic acids is 1. The summed E-state index contributed by atoms with van der Waals surface area (Å²) in [4.78, 5) is 22.4. The number of sulfone groups is 1. The molecule has 112 valence electrons. The Labute approximate surface area is 113 Å². The van der Waals surface area contributed by atoms with E-state index in [0.29, 0.717) is 6.42 Å². The molecule has 0 rings (SSSR count). The highest BCUT2D eigenvalue weighted by molar-refractivity contribution is 7.92. The van der Waals surface area contributed by atoms with E-state index in [1.54, 1.807) is 6.92 Å². The summed E-state index contributed by atoms with van der Waals surface area (Å²) in [5.74, 6) is -2.52. The van der Waals surface area contributed by atoms with Crippen molar-refractivity contribution in [3.8, 4) is 0 Å². The highest BCUT2D eigenvalue weighted by atomic mass is 32.2. The molecule has 0 aromatic heterocycles. The van der Waals surface area contributed by atoms with Gasteiger partial charge in [-0.15, -0.1) is 0 Å². The predicted molar refractivity (Wildman–Crippen MR) is 69.6 cm³/mol. The van der Waals surface area contributed by atoms with E-state index in [4.69, 9.17) is 9.84 Å². The molecule has 0 aromatic carbocycles. The molecular weight excluding hydrogens is 274 g/mol. The molecule has 8 heteroatoms. The lowest BCUT2D eigenvalue weighted by Gasteiger charge is -2.28. The average Bonchev–Trinajstić information content (AvgIpc) is 2.13. The Bertz CT molecular complexity index is 419. The second kappa shape index (κ2) is 7.44. The van der Waals surface area contributed by atoms with Gasteiger partial charge in [-0.3, -0.25) is 9.59 Å². The van der Waals surface area contributed by atoms with Gasteiger partial charge in [-0.2, -0.15) is 0 Å². The van der Waals surface area contributed by atoms with Gasteiger partial charge in [-0.1, -0.05) is 6.92 Å². The molecule has 0 fully saturated rings. The van der Waals surface area contributed by atoms with Gasteiger partial charge in [0.15, 0.2) is 9.84 Å². The van der Waals surface area contributed by atoms with E-state index in [1.807, 2.05) is 0 Å². The van der Waals surface area contributed by atoms with Gasteiger partial charge in [0, 0.05) is 7.11 Å². The zero-order valence-electron chi connectivity index (χ0n) is 11.4. The van der Waals surface area contributed by atoms with Crippen molar-refractivity contribution in [2.24, 2.45) is 0 Å². The molecule has 0 aliphatic rings. The van der Waals surface area contributed by atoms with Gasteiger partial charge in [0.25, 0.3) is 0 Å². The highest BCUT2D eigenvalue weighted by Crippen LogP contribution is 2.10. The standard InChI is InChI=1S/C11H21NO6S/c1-4-5-19(16,17)7-9(13)12-11(2,8-18-3)6-10(14)15/h4-8H2,1-3H3,(H,12,13)(H,14,15). The number of ether oxygens (including phenoxy) is 1. The van der Waals surface area contributed by atoms with Gasteiger partial charge in [0.2, 0.25) is 5.91 Å². The maximum atomic E-state index is 11.7. The monoisotopic (exact) mass is 295 g/mol. The van der Waals surface area contributed by atoms with E-state index in [-0.39, 0.29) is 18.8 Å². The van der Waals surface area contributed by atoms with E-state index in [9.17, 15) is 18.0 Å². The van der Waals surface area contributed by atoms with Crippen LogP contribution in [0, 0.1) is 0 Å². The molecule has 7 nitrogen and oxygen atoms in total. The van der Waals surface area contributed by atoms with Crippen molar-refractivity contribution in [2.75, 3.05) is 25.2 Å². The Balaban J connectivity index is 4.68. The zero-order chi connectivity index (χ0) is 15.1. The minimum absolute atomic E-state index is 0.0150. The molecule has 0 bridgehead atoms. The molecule has 0 saturated heterocycles. The summed E-state index contributed by atoms with van der Waals surface area (Å²) in [5, 5.41) is 11.2. The molecule has 0 saturated carbocycles. The van der Waals surface area contributed by atoms with Crippen molar-refractivity contribution in [2.45, 2.75) is 32.2 Å². The molecule has 0 aromatic rings. The maximum absolute atomic E-state index is 11.7. The highest BCUT2D eigenvalue weighted by Gasteiger charge is 2.30. The summed E-state index contributed by atoms with van der Waals surface area (Å²) in [6, 6.07) is 0. The summed E-state index contributed by atoms with van der Waals surface area (Å²) in [6.07, 6.45) is 0.0838. The molecular formula is C11H21NO6S. The fraction of sp³-hybridized carbons (Fsp3) is 0.818. The lowest BCUT2D eigenvalue weighted by molar-refractivity contribution is -0.139. The largest absolute Gasteiger partial charge is 0.481 e. The van der Waals surface area contributed by atoms with Gasteiger partial charge < -0.3 is 15.2 Å². The van der Waals surface area contributed by atoms with E-state index in [2.05, 4.69) is 5.32 Å². The zero-order valence-corrected chi connectivity index (χ0v) is 12.2. The third-order valence-electron chi connectivity index (χ3n) is 2.31. The second-order valence-corrected chi connectivity index (χ2v) is 6.89. The van der Waals surface area contributed by atoms with Crippen LogP contribution in [-0.2, 0) is 24.2 Å². The summed E-state index contributed by atoms with van der Waals surface area (Å²) >= 11 is 0. The van der Waals surface area contributed by atoms with Crippen LogP contribution in [0.1, 0.15) is 26.7 Å². The van der Waals surface area contributed by atoms with E-state index in [1.165, 1.54) is 14.0 Å². The van der Waals surface area contributed by atoms with Crippen LogP contribution < -0.4 is 5.32 Å². The third kappa shape index (κ3) is 7.78.